The van der Waals surface area contributed by atoms with Crippen LogP contribution in [0.4, 0.5) is 0 Å². The van der Waals surface area contributed by atoms with Crippen molar-refractivity contribution in [2.45, 2.75) is 37.2 Å². The quantitative estimate of drug-likeness (QED) is 0.540. The molecule has 2 rings (SSSR count). The van der Waals surface area contributed by atoms with Crippen molar-refractivity contribution in [1.82, 2.24) is 0 Å². The number of thioether (sulfide) groups is 1. The van der Waals surface area contributed by atoms with Crippen molar-refractivity contribution < 1.29 is 45.2 Å². The molecule has 0 radical (unpaired) electrons. The second-order valence-corrected chi connectivity index (χ2v) is 12.7. The van der Waals surface area contributed by atoms with Crippen molar-refractivity contribution in [3.05, 3.63) is 45.0 Å². The zero-order chi connectivity index (χ0) is 13.4. The van der Waals surface area contributed by atoms with Gasteiger partial charge in [-0.25, -0.2) is 0 Å². The van der Waals surface area contributed by atoms with Gasteiger partial charge in [-0.15, -0.1) is 0 Å². The molecular weight excluding hydrogens is 359 g/mol. The summed E-state index contributed by atoms with van der Waals surface area (Å²) in [5.74, 6) is 0. The van der Waals surface area contributed by atoms with Gasteiger partial charge in [-0.3, -0.25) is 0 Å². The van der Waals surface area contributed by atoms with Gasteiger partial charge in [0.1, 0.15) is 0 Å². The molecule has 2 aliphatic rings. The van der Waals surface area contributed by atoms with Gasteiger partial charge in [-0.05, 0) is 0 Å². The molecule has 0 nitrogen and oxygen atoms in total. The predicted octanol–water partition coefficient (Wildman–Crippen LogP) is -1.45. The number of rotatable bonds is 3. The first-order valence-corrected chi connectivity index (χ1v) is 11.5. The molecule has 0 aromatic rings. The van der Waals surface area contributed by atoms with E-state index in [1.54, 1.807) is 14.6 Å². The monoisotopic (exact) mass is 379 g/mol. The molecule has 20 heavy (non-hydrogen) atoms. The number of allylic oxidation sites excluding steroid dienone is 7. The molecule has 0 saturated heterocycles. The van der Waals surface area contributed by atoms with E-state index in [-0.39, 0.29) is 24.8 Å². The average molecular weight is 380 g/mol. The predicted molar refractivity (Wildman–Crippen MR) is 82.0 cm³/mol. The maximum atomic E-state index is 2.55. The van der Waals surface area contributed by atoms with E-state index in [2.05, 4.69) is 88.9 Å². The van der Waals surface area contributed by atoms with Crippen molar-refractivity contribution in [3.8, 4) is 0 Å². The van der Waals surface area contributed by atoms with Gasteiger partial charge in [0.05, 0.1) is 0 Å². The molecule has 0 N–H and O–H groups in total. The summed E-state index contributed by atoms with van der Waals surface area (Å²) in [5.41, 5.74) is 1.56. The van der Waals surface area contributed by atoms with Gasteiger partial charge in [-0.1, -0.05) is 0 Å². The summed E-state index contributed by atoms with van der Waals surface area (Å²) >= 11 is 4.39. The van der Waals surface area contributed by atoms with Crippen molar-refractivity contribution in [1.29, 1.82) is 0 Å². The van der Waals surface area contributed by atoms with Gasteiger partial charge >= 0.3 is 129 Å². The minimum atomic E-state index is -1.51. The Bertz CT molecular complexity index is 480. The molecule has 109 valence electrons. The molecule has 0 aromatic heterocycles. The van der Waals surface area contributed by atoms with Gasteiger partial charge < -0.3 is 24.8 Å². The Hall–Kier alpha value is 0.821. The Morgan fingerprint density at radius 1 is 1.25 bits per heavy atom. The molecule has 0 aliphatic heterocycles. The van der Waals surface area contributed by atoms with Crippen molar-refractivity contribution in [2.24, 2.45) is 0 Å². The Morgan fingerprint density at radius 2 is 1.90 bits per heavy atom. The van der Waals surface area contributed by atoms with Crippen LogP contribution in [0.3, 0.4) is 0 Å². The molecule has 0 saturated carbocycles. The minimum Gasteiger partial charge on any atom is -1.00 e. The van der Waals surface area contributed by atoms with Gasteiger partial charge in [0.15, 0.2) is 0 Å². The smallest absolute Gasteiger partial charge is 1.00 e. The molecule has 0 heterocycles. The first-order chi connectivity index (χ1) is 8.45. The zero-order valence-electron chi connectivity index (χ0n) is 12.5. The van der Waals surface area contributed by atoms with Crippen LogP contribution in [0.15, 0.2) is 45.0 Å². The van der Waals surface area contributed by atoms with E-state index >= 15 is 0 Å². The molecule has 1 atom stereocenters. The van der Waals surface area contributed by atoms with Crippen LogP contribution in [-0.2, 0) is 20.4 Å². The molecule has 0 amide bonds. The van der Waals surface area contributed by atoms with E-state index in [1.165, 1.54) is 6.42 Å². The fourth-order valence-corrected chi connectivity index (χ4v) is 11.6. The van der Waals surface area contributed by atoms with Gasteiger partial charge in [0, 0.05) is 0 Å². The SMILES string of the molecule is CSC1([Si](C)(C)C2=[C]([Ti+2])CC=C2)CC=CC=C1C.[Cl-].[Cl-]. The summed E-state index contributed by atoms with van der Waals surface area (Å²) < 4.78 is 1.94. The van der Waals surface area contributed by atoms with Crippen LogP contribution >= 0.6 is 11.8 Å². The third kappa shape index (κ3) is 3.26. The van der Waals surface area contributed by atoms with Gasteiger partial charge in [0.2, 0.25) is 0 Å². The second-order valence-electron chi connectivity index (χ2n) is 5.64. The molecular formula is C15H21Cl2SSiTi. The number of hydrogen-bond acceptors (Lipinski definition) is 1. The molecule has 2 aliphatic carbocycles. The van der Waals surface area contributed by atoms with E-state index < -0.39 is 8.07 Å². The molecule has 0 bridgehead atoms. The van der Waals surface area contributed by atoms with E-state index in [1.807, 2.05) is 0 Å². The average Bonchev–Trinajstić information content (AvgIpc) is 2.76. The standard InChI is InChI=1S/C15H21SSi.2ClH.Ti/c1-13-9-7-8-12-15(13,16-2)17(3,4)14-10-5-6-11-14;;;/h5,7-10H,6,12H2,1-4H3;2*1H;/q;;;+2/p-2. The number of halogens is 2. The molecule has 0 spiro atoms. The Labute approximate surface area is 152 Å². The second kappa shape index (κ2) is 7.90. The van der Waals surface area contributed by atoms with E-state index in [0.717, 1.165) is 6.42 Å². The normalized spacial score (nSPS) is 25.2. The van der Waals surface area contributed by atoms with Crippen LogP contribution in [0.1, 0.15) is 19.8 Å². The summed E-state index contributed by atoms with van der Waals surface area (Å²) in [6, 6.07) is 0. The first kappa shape index (κ1) is 20.8. The maximum Gasteiger partial charge on any atom is -1.00 e. The third-order valence-electron chi connectivity index (χ3n) is 4.49. The van der Waals surface area contributed by atoms with Crippen LogP contribution in [0.25, 0.3) is 0 Å². The fourth-order valence-electron chi connectivity index (χ4n) is 3.30. The molecule has 5 heteroatoms. The minimum absolute atomic E-state index is 0. The third-order valence-corrected chi connectivity index (χ3v) is 13.4. The van der Waals surface area contributed by atoms with Crippen LogP contribution in [-0.4, -0.2) is 18.7 Å². The van der Waals surface area contributed by atoms with Gasteiger partial charge in [-0.2, -0.15) is 0 Å². The van der Waals surface area contributed by atoms with Crippen molar-refractivity contribution >= 4 is 19.8 Å². The largest absolute Gasteiger partial charge is 1.00 e. The topological polar surface area (TPSA) is 0 Å². The van der Waals surface area contributed by atoms with Crippen LogP contribution in [0.2, 0.25) is 13.1 Å². The summed E-state index contributed by atoms with van der Waals surface area (Å²) in [4.78, 5) is 0. The maximum absolute atomic E-state index is 2.55. The Balaban J connectivity index is 0.00000180. The fraction of sp³-hybridized carbons (Fsp3) is 0.467. The van der Waals surface area contributed by atoms with E-state index in [9.17, 15) is 0 Å². The number of hydrogen-bond donors (Lipinski definition) is 0. The Morgan fingerprint density at radius 3 is 2.35 bits per heavy atom. The summed E-state index contributed by atoms with van der Waals surface area (Å²) in [5, 5.41) is 1.68. The molecule has 0 aromatic carbocycles. The van der Waals surface area contributed by atoms with E-state index in [0.29, 0.717) is 4.37 Å². The van der Waals surface area contributed by atoms with Crippen LogP contribution in [0, 0.1) is 0 Å². The summed E-state index contributed by atoms with van der Waals surface area (Å²) in [6.07, 6.45) is 16.3. The van der Waals surface area contributed by atoms with Crippen molar-refractivity contribution in [2.75, 3.05) is 6.26 Å². The van der Waals surface area contributed by atoms with E-state index in [4.69, 9.17) is 0 Å². The van der Waals surface area contributed by atoms with Crippen LogP contribution < -0.4 is 24.8 Å². The van der Waals surface area contributed by atoms with Crippen LogP contribution in [0.5, 0.6) is 0 Å². The first-order valence-electron chi connectivity index (χ1n) is 6.46. The Kier molecular flexibility index (Phi) is 8.22. The zero-order valence-corrected chi connectivity index (χ0v) is 17.4. The van der Waals surface area contributed by atoms with Gasteiger partial charge in [0.25, 0.3) is 0 Å². The summed E-state index contributed by atoms with van der Waals surface area (Å²) in [7, 11) is -1.51. The van der Waals surface area contributed by atoms with Crippen molar-refractivity contribution in [3.63, 3.8) is 0 Å². The molecule has 0 fully saturated rings. The molecule has 1 unspecified atom stereocenters. The summed E-state index contributed by atoms with van der Waals surface area (Å²) in [6.45, 7) is 7.42.